The lowest BCUT2D eigenvalue weighted by Gasteiger charge is -2.05. The average molecular weight is 325 g/mol. The van der Waals surface area contributed by atoms with Crippen molar-refractivity contribution >= 4 is 21.7 Å². The van der Waals surface area contributed by atoms with Gasteiger partial charge in [0.15, 0.2) is 0 Å². The summed E-state index contributed by atoms with van der Waals surface area (Å²) in [6.45, 7) is 0. The van der Waals surface area contributed by atoms with Crippen LogP contribution in [0.2, 0.25) is 0 Å². The number of ketones is 1. The van der Waals surface area contributed by atoms with Gasteiger partial charge in [-0.1, -0.05) is 34.1 Å². The number of benzene rings is 2. The van der Waals surface area contributed by atoms with Crippen LogP contribution in [0.5, 0.6) is 0 Å². The number of hydrogen-bond acceptors (Lipinski definition) is 1. The Morgan fingerprint density at radius 2 is 1.68 bits per heavy atom. The van der Waals surface area contributed by atoms with Crippen molar-refractivity contribution in [2.45, 2.75) is 12.8 Å². The fourth-order valence-corrected chi connectivity index (χ4v) is 2.19. The van der Waals surface area contributed by atoms with Crippen LogP contribution in [0.4, 0.5) is 8.78 Å². The van der Waals surface area contributed by atoms with Crippen molar-refractivity contribution in [1.82, 2.24) is 0 Å². The van der Waals surface area contributed by atoms with E-state index in [2.05, 4.69) is 15.9 Å². The Labute approximate surface area is 118 Å². The minimum absolute atomic E-state index is 0.00955. The fourth-order valence-electron chi connectivity index (χ4n) is 1.81. The molecule has 0 aliphatic rings. The second-order valence-corrected chi connectivity index (χ2v) is 5.07. The molecular formula is C15H11BrF2O. The molecule has 0 spiro atoms. The van der Waals surface area contributed by atoms with E-state index in [9.17, 15) is 13.6 Å². The number of hydrogen-bond donors (Lipinski definition) is 0. The molecule has 4 heteroatoms. The van der Waals surface area contributed by atoms with Crippen molar-refractivity contribution in [2.24, 2.45) is 0 Å². The molecule has 0 heterocycles. The molecule has 0 bridgehead atoms. The molecule has 19 heavy (non-hydrogen) atoms. The van der Waals surface area contributed by atoms with Crippen molar-refractivity contribution in [3.05, 3.63) is 69.7 Å². The van der Waals surface area contributed by atoms with Gasteiger partial charge in [-0.2, -0.15) is 0 Å². The summed E-state index contributed by atoms with van der Waals surface area (Å²) in [5.74, 6) is -0.942. The van der Waals surface area contributed by atoms with Gasteiger partial charge in [0.25, 0.3) is 0 Å². The maximum Gasteiger partial charge on any atom is 0.141 e. The lowest BCUT2D eigenvalue weighted by atomic mass is 10.0. The molecule has 0 aliphatic heterocycles. The third-order valence-electron chi connectivity index (χ3n) is 2.74. The molecule has 0 atom stereocenters. The maximum absolute atomic E-state index is 13.4. The van der Waals surface area contributed by atoms with E-state index >= 15 is 0 Å². The first-order valence-corrected chi connectivity index (χ1v) is 6.54. The first-order valence-electron chi connectivity index (χ1n) is 5.75. The van der Waals surface area contributed by atoms with E-state index in [0.29, 0.717) is 15.6 Å². The number of Topliss-reactive ketones (excluding diaryl/α,β-unsaturated/α-hetero) is 1. The highest BCUT2D eigenvalue weighted by Crippen LogP contribution is 2.19. The molecule has 2 aromatic carbocycles. The van der Waals surface area contributed by atoms with Gasteiger partial charge in [0.2, 0.25) is 0 Å². The van der Waals surface area contributed by atoms with E-state index < -0.39 is 11.6 Å². The smallest absolute Gasteiger partial charge is 0.141 e. The first kappa shape index (κ1) is 13.9. The van der Waals surface area contributed by atoms with E-state index in [1.807, 2.05) is 0 Å². The summed E-state index contributed by atoms with van der Waals surface area (Å²) >= 11 is 3.27. The van der Waals surface area contributed by atoms with Gasteiger partial charge in [-0.15, -0.1) is 0 Å². The zero-order valence-electron chi connectivity index (χ0n) is 10.00. The molecule has 2 rings (SSSR count). The standard InChI is InChI=1S/C15H11BrF2O/c16-14-6-5-12(17)7-11(14)9-13(19)8-10-3-1-2-4-15(10)18/h1-7H,8-9H2. The van der Waals surface area contributed by atoms with Gasteiger partial charge < -0.3 is 0 Å². The van der Waals surface area contributed by atoms with Gasteiger partial charge >= 0.3 is 0 Å². The molecule has 0 radical (unpaired) electrons. The van der Waals surface area contributed by atoms with Crippen LogP contribution in [-0.2, 0) is 17.6 Å². The summed E-state index contributed by atoms with van der Waals surface area (Å²) < 4.78 is 27.2. The topological polar surface area (TPSA) is 17.1 Å². The van der Waals surface area contributed by atoms with E-state index in [4.69, 9.17) is 0 Å². The van der Waals surface area contributed by atoms with Crippen LogP contribution < -0.4 is 0 Å². The summed E-state index contributed by atoms with van der Waals surface area (Å²) in [4.78, 5) is 11.9. The zero-order chi connectivity index (χ0) is 13.8. The zero-order valence-corrected chi connectivity index (χ0v) is 11.6. The summed E-state index contributed by atoms with van der Waals surface area (Å²) in [6.07, 6.45) is 0.0856. The monoisotopic (exact) mass is 324 g/mol. The molecule has 0 aliphatic carbocycles. The fraction of sp³-hybridized carbons (Fsp3) is 0.133. The highest BCUT2D eigenvalue weighted by atomic mass is 79.9. The second-order valence-electron chi connectivity index (χ2n) is 4.22. The predicted molar refractivity (Wildman–Crippen MR) is 72.9 cm³/mol. The van der Waals surface area contributed by atoms with Crippen LogP contribution in [-0.4, -0.2) is 5.78 Å². The molecule has 0 aromatic heterocycles. The Morgan fingerprint density at radius 3 is 2.42 bits per heavy atom. The predicted octanol–water partition coefficient (Wildman–Crippen LogP) is 4.08. The highest BCUT2D eigenvalue weighted by molar-refractivity contribution is 9.10. The molecule has 0 N–H and O–H groups in total. The largest absolute Gasteiger partial charge is 0.299 e. The van der Waals surface area contributed by atoms with Crippen LogP contribution in [0.3, 0.4) is 0 Å². The minimum atomic E-state index is -0.394. The van der Waals surface area contributed by atoms with Crippen molar-refractivity contribution in [3.8, 4) is 0 Å². The van der Waals surface area contributed by atoms with Crippen LogP contribution in [0.25, 0.3) is 0 Å². The van der Waals surface area contributed by atoms with Crippen LogP contribution >= 0.6 is 15.9 Å². The lowest BCUT2D eigenvalue weighted by molar-refractivity contribution is -0.117. The van der Waals surface area contributed by atoms with Crippen molar-refractivity contribution in [3.63, 3.8) is 0 Å². The van der Waals surface area contributed by atoms with Gasteiger partial charge in [0.1, 0.15) is 17.4 Å². The van der Waals surface area contributed by atoms with Gasteiger partial charge in [-0.05, 0) is 35.4 Å². The molecule has 2 aromatic rings. The van der Waals surface area contributed by atoms with Crippen molar-refractivity contribution < 1.29 is 13.6 Å². The van der Waals surface area contributed by atoms with Gasteiger partial charge in [-0.25, -0.2) is 8.78 Å². The third-order valence-corrected chi connectivity index (χ3v) is 3.51. The highest BCUT2D eigenvalue weighted by Gasteiger charge is 2.11. The number of carbonyl (C=O) groups excluding carboxylic acids is 1. The average Bonchev–Trinajstić information content (AvgIpc) is 2.37. The Bertz CT molecular complexity index is 611. The van der Waals surface area contributed by atoms with Gasteiger partial charge in [0, 0.05) is 17.3 Å². The Hall–Kier alpha value is -1.55. The Balaban J connectivity index is 2.10. The summed E-state index contributed by atoms with van der Waals surface area (Å²) in [7, 11) is 0. The molecule has 0 fully saturated rings. The third kappa shape index (κ3) is 3.70. The van der Waals surface area contributed by atoms with E-state index in [1.54, 1.807) is 24.3 Å². The minimum Gasteiger partial charge on any atom is -0.299 e. The van der Waals surface area contributed by atoms with Gasteiger partial charge in [-0.3, -0.25) is 4.79 Å². The van der Waals surface area contributed by atoms with Crippen LogP contribution in [0, 0.1) is 11.6 Å². The molecule has 0 unspecified atom stereocenters. The normalized spacial score (nSPS) is 10.5. The van der Waals surface area contributed by atoms with E-state index in [-0.39, 0.29) is 18.6 Å². The summed E-state index contributed by atoms with van der Waals surface area (Å²) in [5.41, 5.74) is 0.932. The molecule has 0 saturated heterocycles. The van der Waals surface area contributed by atoms with Gasteiger partial charge in [0.05, 0.1) is 0 Å². The van der Waals surface area contributed by atoms with Crippen LogP contribution in [0.1, 0.15) is 11.1 Å². The molecular weight excluding hydrogens is 314 g/mol. The van der Waals surface area contributed by atoms with Crippen molar-refractivity contribution in [1.29, 1.82) is 0 Å². The van der Waals surface area contributed by atoms with Crippen LogP contribution in [0.15, 0.2) is 46.9 Å². The van der Waals surface area contributed by atoms with Crippen molar-refractivity contribution in [2.75, 3.05) is 0 Å². The summed E-state index contributed by atoms with van der Waals surface area (Å²) in [5, 5.41) is 0. The maximum atomic E-state index is 13.4. The second kappa shape index (κ2) is 6.06. The number of carbonyl (C=O) groups is 1. The van der Waals surface area contributed by atoms with E-state index in [0.717, 1.165) is 0 Å². The quantitative estimate of drug-likeness (QED) is 0.828. The Morgan fingerprint density at radius 1 is 1.00 bits per heavy atom. The number of halogens is 3. The van der Waals surface area contributed by atoms with E-state index in [1.165, 1.54) is 18.2 Å². The molecule has 0 amide bonds. The molecule has 98 valence electrons. The Kier molecular flexibility index (Phi) is 4.43. The number of rotatable bonds is 4. The molecule has 0 saturated carbocycles. The first-order chi connectivity index (χ1) is 9.06. The molecule has 1 nitrogen and oxygen atoms in total. The summed E-state index contributed by atoms with van der Waals surface area (Å²) in [6, 6.07) is 10.3. The SMILES string of the molecule is O=C(Cc1ccccc1F)Cc1cc(F)ccc1Br. The lowest BCUT2D eigenvalue weighted by Crippen LogP contribution is -2.08.